The summed E-state index contributed by atoms with van der Waals surface area (Å²) in [6.07, 6.45) is 2.11. The summed E-state index contributed by atoms with van der Waals surface area (Å²) in [6, 6.07) is 15.6. The van der Waals surface area contributed by atoms with Gasteiger partial charge in [-0.15, -0.1) is 0 Å². The van der Waals surface area contributed by atoms with E-state index < -0.39 is 6.29 Å². The molecule has 7 nitrogen and oxygen atoms in total. The Labute approximate surface area is 189 Å². The molecule has 7 heteroatoms. The molecule has 2 aliphatic heterocycles. The van der Waals surface area contributed by atoms with E-state index in [0.29, 0.717) is 6.42 Å². The molecular formula is C25H32N2O5. The van der Waals surface area contributed by atoms with Gasteiger partial charge in [0.2, 0.25) is 5.91 Å². The zero-order valence-electron chi connectivity index (χ0n) is 18.4. The minimum atomic E-state index is -0.530. The molecule has 0 saturated carbocycles. The lowest BCUT2D eigenvalue weighted by atomic mass is 9.99. The molecule has 4 atom stereocenters. The molecule has 0 spiro atoms. The minimum Gasteiger partial charge on any atom is -0.395 e. The Balaban J connectivity index is 1.53. The summed E-state index contributed by atoms with van der Waals surface area (Å²) in [5.74, 6) is -0.113. The van der Waals surface area contributed by atoms with Gasteiger partial charge >= 0.3 is 0 Å². The van der Waals surface area contributed by atoms with Crippen LogP contribution < -0.4 is 5.32 Å². The van der Waals surface area contributed by atoms with Crippen molar-refractivity contribution in [2.24, 2.45) is 0 Å². The van der Waals surface area contributed by atoms with Gasteiger partial charge in [0.25, 0.3) is 0 Å². The number of likely N-dealkylation sites (tertiary alicyclic amines) is 1. The average Bonchev–Trinajstić information content (AvgIpc) is 3.26. The molecule has 3 N–H and O–H groups in total. The standard InChI is InChI=1S/C25H32N2O5/c1-17(30)26-21-10-8-20(9-11-21)25-31-23(14-27-12-2-3-22(27)16-29)13-24(32-25)19-6-4-18(15-28)5-7-19/h4-11,22-25,28-29H,2-3,12-16H2,1H3,(H,26,30)/t22-,23+,24-,25-/m0/s1. The number of nitrogens with zero attached hydrogens (tertiary/aromatic N) is 1. The van der Waals surface area contributed by atoms with E-state index in [9.17, 15) is 15.0 Å². The van der Waals surface area contributed by atoms with E-state index in [1.54, 1.807) is 0 Å². The van der Waals surface area contributed by atoms with E-state index in [0.717, 1.165) is 48.3 Å². The van der Waals surface area contributed by atoms with Gasteiger partial charge in [0, 0.05) is 37.2 Å². The number of amides is 1. The third-order valence-electron chi connectivity index (χ3n) is 6.27. The molecule has 2 aromatic rings. The lowest BCUT2D eigenvalue weighted by Gasteiger charge is -2.38. The third kappa shape index (κ3) is 5.54. The second kappa shape index (κ2) is 10.6. The topological polar surface area (TPSA) is 91.3 Å². The Morgan fingerprint density at radius 3 is 2.44 bits per heavy atom. The summed E-state index contributed by atoms with van der Waals surface area (Å²) in [6.45, 7) is 3.39. The summed E-state index contributed by atoms with van der Waals surface area (Å²) in [4.78, 5) is 13.6. The number of nitrogens with one attached hydrogen (secondary N) is 1. The van der Waals surface area contributed by atoms with Crippen molar-refractivity contribution in [3.8, 4) is 0 Å². The maximum absolute atomic E-state index is 11.3. The van der Waals surface area contributed by atoms with E-state index in [-0.39, 0.29) is 37.4 Å². The molecule has 172 valence electrons. The monoisotopic (exact) mass is 440 g/mol. The second-order valence-electron chi connectivity index (χ2n) is 8.63. The molecule has 0 aliphatic carbocycles. The van der Waals surface area contributed by atoms with Crippen LogP contribution in [0.1, 0.15) is 55.3 Å². The first-order chi connectivity index (χ1) is 15.6. The van der Waals surface area contributed by atoms with Crippen molar-refractivity contribution in [3.05, 3.63) is 65.2 Å². The molecule has 2 aromatic carbocycles. The Hall–Kier alpha value is -2.29. The van der Waals surface area contributed by atoms with Crippen LogP contribution in [0.5, 0.6) is 0 Å². The first-order valence-corrected chi connectivity index (χ1v) is 11.3. The first-order valence-electron chi connectivity index (χ1n) is 11.3. The number of anilines is 1. The summed E-state index contributed by atoms with van der Waals surface area (Å²) in [5, 5.41) is 21.8. The Kier molecular flexibility index (Phi) is 7.55. The van der Waals surface area contributed by atoms with Gasteiger partial charge in [-0.05, 0) is 42.6 Å². The zero-order chi connectivity index (χ0) is 22.5. The predicted octanol–water partition coefficient (Wildman–Crippen LogP) is 3.14. The third-order valence-corrected chi connectivity index (χ3v) is 6.27. The Bertz CT molecular complexity index is 886. The maximum atomic E-state index is 11.3. The lowest BCUT2D eigenvalue weighted by Crippen LogP contribution is -2.42. The highest BCUT2D eigenvalue weighted by Crippen LogP contribution is 2.38. The average molecular weight is 441 g/mol. The van der Waals surface area contributed by atoms with E-state index >= 15 is 0 Å². The number of carbonyl (C=O) groups excluding carboxylic acids is 1. The number of hydrogen-bond acceptors (Lipinski definition) is 6. The Morgan fingerprint density at radius 1 is 1.06 bits per heavy atom. The van der Waals surface area contributed by atoms with Crippen LogP contribution in [0.25, 0.3) is 0 Å². The molecule has 0 radical (unpaired) electrons. The number of aliphatic hydroxyl groups excluding tert-OH is 2. The van der Waals surface area contributed by atoms with E-state index in [1.807, 2.05) is 48.5 Å². The van der Waals surface area contributed by atoms with Crippen molar-refractivity contribution in [1.29, 1.82) is 0 Å². The minimum absolute atomic E-state index is 0.0122. The van der Waals surface area contributed by atoms with Crippen LogP contribution in [0.4, 0.5) is 5.69 Å². The van der Waals surface area contributed by atoms with Crippen LogP contribution in [0, 0.1) is 0 Å². The molecule has 2 fully saturated rings. The number of hydrogen-bond donors (Lipinski definition) is 3. The highest BCUT2D eigenvalue weighted by molar-refractivity contribution is 5.88. The number of ether oxygens (including phenoxy) is 2. The normalized spacial score (nSPS) is 26.2. The van der Waals surface area contributed by atoms with Crippen LogP contribution in [-0.2, 0) is 20.9 Å². The summed E-state index contributed by atoms with van der Waals surface area (Å²) < 4.78 is 12.7. The highest BCUT2D eigenvalue weighted by Gasteiger charge is 2.35. The van der Waals surface area contributed by atoms with Crippen LogP contribution in [-0.4, -0.2) is 52.9 Å². The largest absolute Gasteiger partial charge is 0.395 e. The Morgan fingerprint density at radius 2 is 1.78 bits per heavy atom. The number of aliphatic hydroxyl groups is 2. The summed E-state index contributed by atoms with van der Waals surface area (Å²) >= 11 is 0. The van der Waals surface area contributed by atoms with Crippen molar-refractivity contribution in [2.45, 2.75) is 57.3 Å². The quantitative estimate of drug-likeness (QED) is 0.613. The number of benzene rings is 2. The molecule has 1 amide bonds. The molecule has 0 unspecified atom stereocenters. The van der Waals surface area contributed by atoms with E-state index in [2.05, 4.69) is 10.2 Å². The highest BCUT2D eigenvalue weighted by atomic mass is 16.7. The molecule has 0 aromatic heterocycles. The molecule has 2 saturated heterocycles. The van der Waals surface area contributed by atoms with Crippen LogP contribution >= 0.6 is 0 Å². The predicted molar refractivity (Wildman–Crippen MR) is 121 cm³/mol. The SMILES string of the molecule is CC(=O)Nc1ccc([C@H]2O[C@@H](CN3CCC[C@H]3CO)C[C@@H](c3ccc(CO)cc3)O2)cc1. The van der Waals surface area contributed by atoms with Gasteiger partial charge in [0.1, 0.15) is 0 Å². The summed E-state index contributed by atoms with van der Waals surface area (Å²) in [5.41, 5.74) is 3.54. The van der Waals surface area contributed by atoms with Crippen molar-refractivity contribution >= 4 is 11.6 Å². The molecular weight excluding hydrogens is 408 g/mol. The fourth-order valence-corrected chi connectivity index (χ4v) is 4.56. The van der Waals surface area contributed by atoms with Crippen molar-refractivity contribution in [2.75, 3.05) is 25.0 Å². The van der Waals surface area contributed by atoms with Gasteiger partial charge in [-0.1, -0.05) is 36.4 Å². The van der Waals surface area contributed by atoms with Gasteiger partial charge in [-0.2, -0.15) is 0 Å². The summed E-state index contributed by atoms with van der Waals surface area (Å²) in [7, 11) is 0. The van der Waals surface area contributed by atoms with Crippen molar-refractivity contribution in [3.63, 3.8) is 0 Å². The second-order valence-corrected chi connectivity index (χ2v) is 8.63. The molecule has 2 aliphatic rings. The van der Waals surface area contributed by atoms with E-state index in [1.165, 1.54) is 6.92 Å². The van der Waals surface area contributed by atoms with Gasteiger partial charge in [-0.3, -0.25) is 9.69 Å². The fourth-order valence-electron chi connectivity index (χ4n) is 4.56. The van der Waals surface area contributed by atoms with Crippen LogP contribution in [0.2, 0.25) is 0 Å². The maximum Gasteiger partial charge on any atom is 0.221 e. The molecule has 4 rings (SSSR count). The smallest absolute Gasteiger partial charge is 0.221 e. The van der Waals surface area contributed by atoms with E-state index in [4.69, 9.17) is 9.47 Å². The van der Waals surface area contributed by atoms with Crippen LogP contribution in [0.3, 0.4) is 0 Å². The van der Waals surface area contributed by atoms with Crippen molar-refractivity contribution in [1.82, 2.24) is 4.90 Å². The van der Waals surface area contributed by atoms with Crippen LogP contribution in [0.15, 0.2) is 48.5 Å². The zero-order valence-corrected chi connectivity index (χ0v) is 18.4. The fraction of sp³-hybridized carbons (Fsp3) is 0.480. The van der Waals surface area contributed by atoms with Gasteiger partial charge < -0.3 is 25.0 Å². The van der Waals surface area contributed by atoms with Gasteiger partial charge in [0.05, 0.1) is 25.4 Å². The first kappa shape index (κ1) is 22.9. The van der Waals surface area contributed by atoms with Gasteiger partial charge in [-0.25, -0.2) is 0 Å². The molecule has 0 bridgehead atoms. The lowest BCUT2D eigenvalue weighted by molar-refractivity contribution is -0.253. The number of carbonyl (C=O) groups is 1. The molecule has 32 heavy (non-hydrogen) atoms. The van der Waals surface area contributed by atoms with Crippen molar-refractivity contribution < 1.29 is 24.5 Å². The number of rotatable bonds is 7. The molecule has 2 heterocycles. The van der Waals surface area contributed by atoms with Gasteiger partial charge in [0.15, 0.2) is 6.29 Å².